The number of nitrogens with two attached hydrogens (primary N) is 1. The van der Waals surface area contributed by atoms with Crippen molar-refractivity contribution < 1.29 is 9.47 Å². The van der Waals surface area contributed by atoms with Crippen LogP contribution in [0.5, 0.6) is 11.5 Å². The Morgan fingerprint density at radius 1 is 1.27 bits per heavy atom. The molecule has 5 heterocycles. The normalized spacial score (nSPS) is 25.5. The van der Waals surface area contributed by atoms with Crippen molar-refractivity contribution in [3.05, 3.63) is 40.5 Å². The Bertz CT molecular complexity index is 1380. The van der Waals surface area contributed by atoms with Gasteiger partial charge in [0.15, 0.2) is 17.1 Å². The molecule has 0 bridgehead atoms. The number of rotatable bonds is 4. The van der Waals surface area contributed by atoms with Crippen LogP contribution in [0.1, 0.15) is 17.1 Å². The maximum Gasteiger partial charge on any atom is 0.231 e. The molecule has 1 aliphatic carbocycles. The van der Waals surface area contributed by atoms with Gasteiger partial charge in [-0.1, -0.05) is 6.07 Å². The van der Waals surface area contributed by atoms with E-state index in [1.165, 1.54) is 5.01 Å². The molecule has 2 fully saturated rings. The molecular formula is C23H23N7O2S. The summed E-state index contributed by atoms with van der Waals surface area (Å²) in [6.07, 6.45) is 2.93. The number of thiazole rings is 1. The van der Waals surface area contributed by atoms with E-state index in [4.69, 9.17) is 30.2 Å². The van der Waals surface area contributed by atoms with Crippen molar-refractivity contribution in [2.24, 2.45) is 17.6 Å². The van der Waals surface area contributed by atoms with Gasteiger partial charge in [0.25, 0.3) is 0 Å². The molecule has 3 aliphatic rings. The van der Waals surface area contributed by atoms with Crippen LogP contribution in [0, 0.1) is 18.8 Å². The molecule has 2 aliphatic heterocycles. The van der Waals surface area contributed by atoms with Crippen molar-refractivity contribution in [1.82, 2.24) is 25.1 Å². The van der Waals surface area contributed by atoms with Crippen LogP contribution in [0.3, 0.4) is 0 Å². The van der Waals surface area contributed by atoms with Crippen LogP contribution in [0.2, 0.25) is 0 Å². The molecule has 3 unspecified atom stereocenters. The Labute approximate surface area is 194 Å². The maximum atomic E-state index is 6.31. The zero-order valence-electron chi connectivity index (χ0n) is 18.1. The molecule has 4 aromatic rings. The van der Waals surface area contributed by atoms with Crippen molar-refractivity contribution in [1.29, 1.82) is 0 Å². The van der Waals surface area contributed by atoms with E-state index in [0.29, 0.717) is 35.5 Å². The summed E-state index contributed by atoms with van der Waals surface area (Å²) in [5.41, 5.74) is 10.4. The third-order valence-electron chi connectivity index (χ3n) is 7.42. The molecule has 3 N–H and O–H groups in total. The molecule has 1 saturated heterocycles. The quantitative estimate of drug-likeness (QED) is 0.477. The Morgan fingerprint density at radius 3 is 3.06 bits per heavy atom. The first-order chi connectivity index (χ1) is 16.2. The van der Waals surface area contributed by atoms with Gasteiger partial charge in [-0.3, -0.25) is 5.10 Å². The van der Waals surface area contributed by atoms with Gasteiger partial charge < -0.3 is 20.1 Å². The topological polar surface area (TPSA) is 115 Å². The van der Waals surface area contributed by atoms with Crippen LogP contribution >= 0.6 is 11.3 Å². The first-order valence-corrected chi connectivity index (χ1v) is 12.0. The summed E-state index contributed by atoms with van der Waals surface area (Å²) in [6.45, 7) is 4.76. The highest BCUT2D eigenvalue weighted by Crippen LogP contribution is 2.63. The second-order valence-electron chi connectivity index (χ2n) is 9.02. The average Bonchev–Trinajstić information content (AvgIpc) is 3.31. The molecule has 3 aromatic heterocycles. The lowest BCUT2D eigenvalue weighted by Crippen LogP contribution is -2.32. The van der Waals surface area contributed by atoms with E-state index in [2.05, 4.69) is 27.4 Å². The molecule has 3 atom stereocenters. The van der Waals surface area contributed by atoms with E-state index in [1.807, 2.05) is 24.4 Å². The SMILES string of the molecule is Cc1csc(C2(CN)C3CCN(c4cnc5c(-c6cccc7c6OCO7)n[nH]c5n4)CC32)n1. The zero-order valence-corrected chi connectivity index (χ0v) is 18.9. The van der Waals surface area contributed by atoms with Gasteiger partial charge in [0, 0.05) is 36.1 Å². The third-order valence-corrected chi connectivity index (χ3v) is 8.57. The summed E-state index contributed by atoms with van der Waals surface area (Å²) < 4.78 is 11.2. The minimum Gasteiger partial charge on any atom is -0.454 e. The molecule has 0 amide bonds. The number of benzene rings is 1. The molecule has 0 radical (unpaired) electrons. The number of anilines is 1. The van der Waals surface area contributed by atoms with E-state index in [9.17, 15) is 0 Å². The Balaban J connectivity index is 1.19. The first kappa shape index (κ1) is 19.2. The molecule has 33 heavy (non-hydrogen) atoms. The molecule has 0 spiro atoms. The first-order valence-electron chi connectivity index (χ1n) is 11.2. The third kappa shape index (κ3) is 2.67. The number of para-hydroxylation sites is 1. The fourth-order valence-corrected chi connectivity index (χ4v) is 6.85. The number of aromatic amines is 1. The Kier molecular flexibility index (Phi) is 4.01. The van der Waals surface area contributed by atoms with Crippen molar-refractivity contribution in [2.75, 3.05) is 31.3 Å². The standard InChI is InChI=1S/C23H23N7O2S/c1-12-9-33-22(26-12)23(10-24)14-5-6-30(8-15(14)23)17-7-25-19-18(28-29-21(19)27-17)13-3-2-4-16-20(13)32-11-31-16/h2-4,7,9,14-15H,5-6,8,10-11,24H2,1H3,(H,27,28,29). The molecular weight excluding hydrogens is 438 g/mol. The van der Waals surface area contributed by atoms with E-state index in [0.717, 1.165) is 47.9 Å². The predicted molar refractivity (Wildman–Crippen MR) is 125 cm³/mol. The van der Waals surface area contributed by atoms with Gasteiger partial charge >= 0.3 is 0 Å². The lowest BCUT2D eigenvalue weighted by molar-refractivity contribution is 0.174. The molecule has 1 saturated carbocycles. The van der Waals surface area contributed by atoms with Crippen LogP contribution in [-0.2, 0) is 5.41 Å². The van der Waals surface area contributed by atoms with Gasteiger partial charge in [-0.05, 0) is 37.3 Å². The highest BCUT2D eigenvalue weighted by atomic mass is 32.1. The molecule has 10 heteroatoms. The second kappa shape index (κ2) is 6.88. The van der Waals surface area contributed by atoms with Crippen molar-refractivity contribution in [2.45, 2.75) is 18.8 Å². The van der Waals surface area contributed by atoms with Crippen LogP contribution in [0.4, 0.5) is 5.82 Å². The van der Waals surface area contributed by atoms with Crippen LogP contribution in [-0.4, -0.2) is 51.6 Å². The van der Waals surface area contributed by atoms with Crippen LogP contribution in [0.15, 0.2) is 29.8 Å². The maximum absolute atomic E-state index is 6.31. The number of ether oxygens (including phenoxy) is 2. The summed E-state index contributed by atoms with van der Waals surface area (Å²) in [6, 6.07) is 5.78. The monoisotopic (exact) mass is 461 g/mol. The van der Waals surface area contributed by atoms with Gasteiger partial charge in [0.1, 0.15) is 22.0 Å². The molecule has 9 nitrogen and oxygen atoms in total. The smallest absolute Gasteiger partial charge is 0.231 e. The highest BCUT2D eigenvalue weighted by molar-refractivity contribution is 7.09. The van der Waals surface area contributed by atoms with Crippen molar-refractivity contribution in [3.8, 4) is 22.8 Å². The van der Waals surface area contributed by atoms with Crippen molar-refractivity contribution in [3.63, 3.8) is 0 Å². The molecule has 168 valence electrons. The van der Waals surface area contributed by atoms with Crippen molar-refractivity contribution >= 4 is 28.3 Å². The lowest BCUT2D eigenvalue weighted by atomic mass is 10.0. The fraction of sp³-hybridized carbons (Fsp3) is 0.391. The fourth-order valence-electron chi connectivity index (χ4n) is 5.71. The minimum atomic E-state index is 0.0160. The molecule has 1 aromatic carbocycles. The largest absolute Gasteiger partial charge is 0.454 e. The lowest BCUT2D eigenvalue weighted by Gasteiger charge is -2.26. The highest BCUT2D eigenvalue weighted by Gasteiger charge is 2.67. The van der Waals surface area contributed by atoms with E-state index >= 15 is 0 Å². The zero-order chi connectivity index (χ0) is 22.2. The Hall–Kier alpha value is -3.24. The number of fused-ring (bicyclic) bond motifs is 3. The number of hydrogen-bond donors (Lipinski definition) is 2. The number of H-pyrrole nitrogens is 1. The van der Waals surface area contributed by atoms with Gasteiger partial charge in [-0.15, -0.1) is 11.3 Å². The van der Waals surface area contributed by atoms with Gasteiger partial charge in [0.05, 0.1) is 11.8 Å². The predicted octanol–water partition coefficient (Wildman–Crippen LogP) is 2.87. The number of aromatic nitrogens is 5. The van der Waals surface area contributed by atoms with Crippen LogP contribution < -0.4 is 20.1 Å². The second-order valence-corrected chi connectivity index (χ2v) is 9.88. The van der Waals surface area contributed by atoms with Gasteiger partial charge in [0.2, 0.25) is 6.79 Å². The number of nitrogens with one attached hydrogen (secondary N) is 1. The van der Waals surface area contributed by atoms with E-state index in [-0.39, 0.29) is 12.2 Å². The number of nitrogens with zero attached hydrogens (tertiary/aromatic N) is 5. The van der Waals surface area contributed by atoms with Crippen LogP contribution in [0.25, 0.3) is 22.4 Å². The summed E-state index contributed by atoms with van der Waals surface area (Å²) in [5.74, 6) is 3.38. The Morgan fingerprint density at radius 2 is 2.21 bits per heavy atom. The van der Waals surface area contributed by atoms with Gasteiger partial charge in [-0.2, -0.15) is 5.10 Å². The van der Waals surface area contributed by atoms with Gasteiger partial charge in [-0.25, -0.2) is 15.0 Å². The number of aryl methyl sites for hydroxylation is 1. The summed E-state index contributed by atoms with van der Waals surface area (Å²) in [4.78, 5) is 16.7. The number of hydrogen-bond acceptors (Lipinski definition) is 9. The number of piperidine rings is 1. The summed E-state index contributed by atoms with van der Waals surface area (Å²) in [5, 5.41) is 10.9. The minimum absolute atomic E-state index is 0.0160. The molecule has 7 rings (SSSR count). The average molecular weight is 462 g/mol. The summed E-state index contributed by atoms with van der Waals surface area (Å²) >= 11 is 1.75. The van der Waals surface area contributed by atoms with E-state index in [1.54, 1.807) is 11.3 Å². The summed E-state index contributed by atoms with van der Waals surface area (Å²) in [7, 11) is 0. The van der Waals surface area contributed by atoms with E-state index < -0.39 is 0 Å².